The number of halogens is 1. The average Bonchev–Trinajstić information content (AvgIpc) is 3.14. The zero-order valence-corrected chi connectivity index (χ0v) is 17.4. The first-order valence-corrected chi connectivity index (χ1v) is 9.95. The number of aromatic amines is 1. The summed E-state index contributed by atoms with van der Waals surface area (Å²) in [5.74, 6) is 0.0647. The molecule has 0 aliphatic rings. The molecule has 2 aromatic carbocycles. The number of hydrogen-bond donors (Lipinski definition) is 2. The summed E-state index contributed by atoms with van der Waals surface area (Å²) in [5, 5.41) is 3.97. The quantitative estimate of drug-likeness (QED) is 0.591. The van der Waals surface area contributed by atoms with Gasteiger partial charge in [-0.1, -0.05) is 19.9 Å². The maximum atomic E-state index is 13.5. The van der Waals surface area contributed by atoms with Crippen LogP contribution < -0.4 is 10.1 Å². The molecule has 6 heteroatoms. The number of rotatable bonds is 8. The van der Waals surface area contributed by atoms with Crippen molar-refractivity contribution in [2.75, 3.05) is 26.7 Å². The molecule has 1 atom stereocenters. The topological polar surface area (TPSA) is 57.4 Å². The van der Waals surface area contributed by atoms with E-state index < -0.39 is 0 Å². The minimum Gasteiger partial charge on any atom is -0.496 e. The minimum atomic E-state index is -0.283. The summed E-state index contributed by atoms with van der Waals surface area (Å²) in [6.07, 6.45) is 1.84. The number of nitrogens with one attached hydrogen (secondary N) is 2. The third-order valence-corrected chi connectivity index (χ3v) is 5.20. The molecule has 0 saturated carbocycles. The lowest BCUT2D eigenvalue weighted by Gasteiger charge is -2.23. The van der Waals surface area contributed by atoms with Crippen LogP contribution in [0.15, 0.2) is 42.6 Å². The van der Waals surface area contributed by atoms with Crippen molar-refractivity contribution in [3.63, 3.8) is 0 Å². The molecule has 29 heavy (non-hydrogen) atoms. The molecule has 5 nitrogen and oxygen atoms in total. The Morgan fingerprint density at radius 3 is 2.66 bits per heavy atom. The smallest absolute Gasteiger partial charge is 0.255 e. The van der Waals surface area contributed by atoms with E-state index in [-0.39, 0.29) is 17.8 Å². The number of fused-ring (bicyclic) bond motifs is 1. The summed E-state index contributed by atoms with van der Waals surface area (Å²) in [7, 11) is 1.56. The summed E-state index contributed by atoms with van der Waals surface area (Å²) in [6.45, 7) is 8.91. The van der Waals surface area contributed by atoms with Crippen LogP contribution in [0.1, 0.15) is 31.1 Å². The molecular weight excluding hydrogens is 369 g/mol. The van der Waals surface area contributed by atoms with Crippen molar-refractivity contribution in [2.24, 2.45) is 0 Å². The van der Waals surface area contributed by atoms with Crippen molar-refractivity contribution in [3.8, 4) is 16.9 Å². The average molecular weight is 397 g/mol. The molecule has 0 saturated heterocycles. The summed E-state index contributed by atoms with van der Waals surface area (Å²) in [6, 6.07) is 10.2. The number of nitrogens with zero attached hydrogens (tertiary/aromatic N) is 1. The number of carbonyl (C=O) groups excluding carboxylic acids is 1. The van der Waals surface area contributed by atoms with Crippen molar-refractivity contribution in [2.45, 2.75) is 26.8 Å². The highest BCUT2D eigenvalue weighted by Crippen LogP contribution is 2.32. The van der Waals surface area contributed by atoms with E-state index in [1.165, 1.54) is 12.1 Å². The fourth-order valence-corrected chi connectivity index (χ4v) is 3.60. The summed E-state index contributed by atoms with van der Waals surface area (Å²) >= 11 is 0. The largest absolute Gasteiger partial charge is 0.496 e. The Balaban J connectivity index is 1.84. The highest BCUT2D eigenvalue weighted by molar-refractivity contribution is 6.00. The fraction of sp³-hybridized carbons (Fsp3) is 0.348. The lowest BCUT2D eigenvalue weighted by Crippen LogP contribution is -2.42. The number of likely N-dealkylation sites (N-methyl/N-ethyl adjacent to an activating group) is 1. The molecule has 1 heterocycles. The van der Waals surface area contributed by atoms with Gasteiger partial charge in [0.15, 0.2) is 0 Å². The van der Waals surface area contributed by atoms with Gasteiger partial charge in [0.25, 0.3) is 5.91 Å². The third kappa shape index (κ3) is 4.59. The van der Waals surface area contributed by atoms with Crippen LogP contribution in [0.3, 0.4) is 0 Å². The maximum Gasteiger partial charge on any atom is 0.255 e. The van der Waals surface area contributed by atoms with Crippen LogP contribution in [0.5, 0.6) is 5.75 Å². The van der Waals surface area contributed by atoms with Crippen LogP contribution in [-0.4, -0.2) is 48.6 Å². The molecule has 0 spiro atoms. The van der Waals surface area contributed by atoms with Crippen LogP contribution in [-0.2, 0) is 0 Å². The number of aromatic nitrogens is 1. The highest BCUT2D eigenvalue weighted by atomic mass is 19.1. The second kappa shape index (κ2) is 9.09. The van der Waals surface area contributed by atoms with Gasteiger partial charge in [0.1, 0.15) is 11.6 Å². The van der Waals surface area contributed by atoms with Crippen molar-refractivity contribution in [1.82, 2.24) is 15.2 Å². The molecule has 1 amide bonds. The Morgan fingerprint density at radius 2 is 1.97 bits per heavy atom. The minimum absolute atomic E-state index is 0.0234. The molecule has 3 aromatic rings. The lowest BCUT2D eigenvalue weighted by atomic mass is 10.0. The molecule has 154 valence electrons. The first-order valence-electron chi connectivity index (χ1n) is 9.95. The van der Waals surface area contributed by atoms with E-state index in [0.717, 1.165) is 41.7 Å². The maximum absolute atomic E-state index is 13.5. The van der Waals surface area contributed by atoms with Crippen LogP contribution in [0.2, 0.25) is 0 Å². The summed E-state index contributed by atoms with van der Waals surface area (Å²) in [4.78, 5) is 18.1. The van der Waals surface area contributed by atoms with E-state index in [9.17, 15) is 9.18 Å². The zero-order valence-electron chi connectivity index (χ0n) is 17.4. The van der Waals surface area contributed by atoms with Crippen molar-refractivity contribution < 1.29 is 13.9 Å². The lowest BCUT2D eigenvalue weighted by molar-refractivity contribution is 0.0927. The van der Waals surface area contributed by atoms with E-state index in [0.29, 0.717) is 11.3 Å². The van der Waals surface area contributed by atoms with Gasteiger partial charge in [-0.15, -0.1) is 0 Å². The van der Waals surface area contributed by atoms with Crippen LogP contribution in [0.4, 0.5) is 4.39 Å². The number of hydrogen-bond acceptors (Lipinski definition) is 3. The molecule has 1 unspecified atom stereocenters. The SMILES string of the molecule is CCN(CC)CC(C)NC(=O)c1ccc(-c2c[nH]c3cc(F)ccc23)cc1OC. The van der Waals surface area contributed by atoms with Crippen molar-refractivity contribution >= 4 is 16.8 Å². The molecule has 2 N–H and O–H groups in total. The normalized spacial score (nSPS) is 12.3. The number of carbonyl (C=O) groups is 1. The number of ether oxygens (including phenoxy) is 1. The van der Waals surface area contributed by atoms with Gasteiger partial charge in [-0.25, -0.2) is 4.39 Å². The molecule has 0 fully saturated rings. The number of H-pyrrole nitrogens is 1. The molecule has 0 radical (unpaired) electrons. The van der Waals surface area contributed by atoms with Gasteiger partial charge < -0.3 is 19.9 Å². The predicted molar refractivity (Wildman–Crippen MR) is 115 cm³/mol. The first kappa shape index (κ1) is 20.9. The second-order valence-electron chi connectivity index (χ2n) is 7.17. The van der Waals surface area contributed by atoms with E-state index in [2.05, 4.69) is 29.0 Å². The molecular formula is C23H28FN3O2. The first-order chi connectivity index (χ1) is 14.0. The summed E-state index contributed by atoms with van der Waals surface area (Å²) in [5.41, 5.74) is 3.05. The summed E-state index contributed by atoms with van der Waals surface area (Å²) < 4.78 is 18.9. The Morgan fingerprint density at radius 1 is 1.21 bits per heavy atom. The van der Waals surface area contributed by atoms with Gasteiger partial charge in [0.2, 0.25) is 0 Å². The molecule has 0 aliphatic heterocycles. The van der Waals surface area contributed by atoms with Crippen LogP contribution in [0, 0.1) is 5.82 Å². The van der Waals surface area contributed by atoms with E-state index in [1.54, 1.807) is 19.2 Å². The standard InChI is InChI=1S/C23H28FN3O2/c1-5-27(6-2)14-15(3)26-23(28)19-9-7-16(11-22(19)29-4)20-13-25-21-12-17(24)8-10-18(20)21/h7-13,15,25H,5-6,14H2,1-4H3,(H,26,28). The molecule has 0 aliphatic carbocycles. The van der Waals surface area contributed by atoms with Crippen molar-refractivity contribution in [1.29, 1.82) is 0 Å². The fourth-order valence-electron chi connectivity index (χ4n) is 3.60. The molecule has 0 bridgehead atoms. The monoisotopic (exact) mass is 397 g/mol. The Labute approximate surface area is 170 Å². The van der Waals surface area contributed by atoms with Crippen molar-refractivity contribution in [3.05, 3.63) is 54.0 Å². The van der Waals surface area contributed by atoms with Gasteiger partial charge in [0, 0.05) is 35.2 Å². The van der Waals surface area contributed by atoms with E-state index >= 15 is 0 Å². The zero-order chi connectivity index (χ0) is 21.0. The Kier molecular flexibility index (Phi) is 6.54. The second-order valence-corrected chi connectivity index (χ2v) is 7.17. The van der Waals surface area contributed by atoms with Gasteiger partial charge in [0.05, 0.1) is 12.7 Å². The van der Waals surface area contributed by atoms with Gasteiger partial charge >= 0.3 is 0 Å². The van der Waals surface area contributed by atoms with E-state index in [1.807, 2.05) is 25.3 Å². The van der Waals surface area contributed by atoms with Crippen LogP contribution >= 0.6 is 0 Å². The Hall–Kier alpha value is -2.86. The van der Waals surface area contributed by atoms with Gasteiger partial charge in [-0.05, 0) is 55.9 Å². The van der Waals surface area contributed by atoms with E-state index in [4.69, 9.17) is 4.74 Å². The molecule has 3 rings (SSSR count). The van der Waals surface area contributed by atoms with Crippen LogP contribution in [0.25, 0.3) is 22.0 Å². The highest BCUT2D eigenvalue weighted by Gasteiger charge is 2.17. The number of amides is 1. The molecule has 1 aromatic heterocycles. The predicted octanol–water partition coefficient (Wildman–Crippen LogP) is 4.44. The van der Waals surface area contributed by atoms with Gasteiger partial charge in [-0.3, -0.25) is 4.79 Å². The third-order valence-electron chi connectivity index (χ3n) is 5.20. The number of methoxy groups -OCH3 is 1. The number of benzene rings is 2. The van der Waals surface area contributed by atoms with Gasteiger partial charge in [-0.2, -0.15) is 0 Å². The Bertz CT molecular complexity index is 995.